The van der Waals surface area contributed by atoms with Gasteiger partial charge in [-0.1, -0.05) is 27.7 Å². The van der Waals surface area contributed by atoms with Crippen molar-refractivity contribution >= 4 is 6.09 Å². The predicted octanol–water partition coefficient (Wildman–Crippen LogP) is 4.90. The molecule has 2 fully saturated rings. The van der Waals surface area contributed by atoms with Gasteiger partial charge in [0.05, 0.1) is 12.1 Å². The molecule has 3 rings (SSSR count). The molecule has 1 aliphatic carbocycles. The summed E-state index contributed by atoms with van der Waals surface area (Å²) in [7, 11) is 0. The van der Waals surface area contributed by atoms with Crippen molar-refractivity contribution in [1.29, 1.82) is 0 Å². The van der Waals surface area contributed by atoms with Gasteiger partial charge >= 0.3 is 12.3 Å². The number of carbonyl (C=O) groups is 1. The van der Waals surface area contributed by atoms with E-state index in [4.69, 9.17) is 9.47 Å². The van der Waals surface area contributed by atoms with E-state index in [1.54, 1.807) is 4.90 Å². The van der Waals surface area contributed by atoms with E-state index in [0.717, 1.165) is 31.5 Å². The first kappa shape index (κ1) is 20.7. The lowest BCUT2D eigenvalue weighted by Crippen LogP contribution is -2.47. The third-order valence-corrected chi connectivity index (χ3v) is 5.36. The fourth-order valence-electron chi connectivity index (χ4n) is 4.75. The van der Waals surface area contributed by atoms with Crippen molar-refractivity contribution in [2.24, 2.45) is 10.8 Å². The first-order valence-corrected chi connectivity index (χ1v) is 9.48. The summed E-state index contributed by atoms with van der Waals surface area (Å²) in [5, 5.41) is 0. The van der Waals surface area contributed by atoms with E-state index >= 15 is 0 Å². The van der Waals surface area contributed by atoms with Crippen molar-refractivity contribution in [3.05, 3.63) is 23.9 Å². The molecule has 0 N–H and O–H groups in total. The summed E-state index contributed by atoms with van der Waals surface area (Å²) in [6.45, 7) is 9.35. The highest BCUT2D eigenvalue weighted by atomic mass is 19.4. The van der Waals surface area contributed by atoms with Gasteiger partial charge in [0.1, 0.15) is 6.61 Å². The number of halogens is 3. The summed E-state index contributed by atoms with van der Waals surface area (Å²) in [5.74, 6) is 0.0717. The number of carbonyl (C=O) groups excluding carboxylic acids is 1. The second kappa shape index (κ2) is 7.12. The SMILES string of the molecule is CC1(C)CC(N2C[C@H](COc3ccc(C(F)(F)F)cn3)OC2=O)CC(C)(C)C1. The number of hydrogen-bond acceptors (Lipinski definition) is 4. The maximum absolute atomic E-state index is 12.6. The molecule has 0 bridgehead atoms. The van der Waals surface area contributed by atoms with Crippen molar-refractivity contribution < 1.29 is 27.4 Å². The third kappa shape index (κ3) is 4.89. The molecule has 1 saturated heterocycles. The third-order valence-electron chi connectivity index (χ3n) is 5.36. The molecule has 156 valence electrons. The lowest BCUT2D eigenvalue weighted by Gasteiger charge is -2.47. The zero-order valence-electron chi connectivity index (χ0n) is 16.7. The zero-order chi connectivity index (χ0) is 20.7. The summed E-state index contributed by atoms with van der Waals surface area (Å²) >= 11 is 0. The van der Waals surface area contributed by atoms with Crippen LogP contribution in [-0.4, -0.2) is 41.3 Å². The molecule has 1 atom stereocenters. The lowest BCUT2D eigenvalue weighted by molar-refractivity contribution is -0.137. The Labute approximate surface area is 163 Å². The summed E-state index contributed by atoms with van der Waals surface area (Å²) in [4.78, 5) is 17.8. The maximum Gasteiger partial charge on any atom is 0.417 e. The molecule has 0 aromatic carbocycles. The van der Waals surface area contributed by atoms with E-state index in [2.05, 4.69) is 32.7 Å². The van der Waals surface area contributed by atoms with Gasteiger partial charge in [0, 0.05) is 18.3 Å². The van der Waals surface area contributed by atoms with Gasteiger partial charge < -0.3 is 14.4 Å². The van der Waals surface area contributed by atoms with Gasteiger partial charge in [-0.3, -0.25) is 0 Å². The number of cyclic esters (lactones) is 1. The van der Waals surface area contributed by atoms with Crippen LogP contribution in [0.4, 0.5) is 18.0 Å². The Hall–Kier alpha value is -1.99. The molecule has 8 heteroatoms. The van der Waals surface area contributed by atoms with Crippen molar-refractivity contribution in [3.63, 3.8) is 0 Å². The van der Waals surface area contributed by atoms with Crippen LogP contribution in [0.25, 0.3) is 0 Å². The second-order valence-corrected chi connectivity index (χ2v) is 9.42. The Bertz CT molecular complexity index is 700. The average molecular weight is 400 g/mol. The van der Waals surface area contributed by atoms with E-state index in [1.807, 2.05) is 0 Å². The Morgan fingerprint density at radius 1 is 1.21 bits per heavy atom. The molecule has 28 heavy (non-hydrogen) atoms. The number of alkyl halides is 3. The van der Waals surface area contributed by atoms with Crippen molar-refractivity contribution in [3.8, 4) is 5.88 Å². The normalized spacial score (nSPS) is 24.9. The molecule has 1 aliphatic heterocycles. The Balaban J connectivity index is 1.57. The zero-order valence-corrected chi connectivity index (χ0v) is 16.7. The minimum atomic E-state index is -4.44. The van der Waals surface area contributed by atoms with E-state index in [-0.39, 0.29) is 35.5 Å². The summed E-state index contributed by atoms with van der Waals surface area (Å²) in [5.41, 5.74) is -0.544. The van der Waals surface area contributed by atoms with E-state index in [1.165, 1.54) is 6.07 Å². The highest BCUT2D eigenvalue weighted by Crippen LogP contribution is 2.47. The van der Waals surface area contributed by atoms with Gasteiger partial charge in [0.25, 0.3) is 0 Å². The highest BCUT2D eigenvalue weighted by molar-refractivity contribution is 5.70. The Morgan fingerprint density at radius 3 is 2.39 bits per heavy atom. The first-order chi connectivity index (χ1) is 12.8. The molecule has 2 aliphatic rings. The van der Waals surface area contributed by atoms with Crippen LogP contribution >= 0.6 is 0 Å². The highest BCUT2D eigenvalue weighted by Gasteiger charge is 2.45. The smallest absolute Gasteiger partial charge is 0.417 e. The molecule has 1 saturated carbocycles. The van der Waals surface area contributed by atoms with Gasteiger partial charge in [0.2, 0.25) is 5.88 Å². The van der Waals surface area contributed by atoms with Gasteiger partial charge in [-0.25, -0.2) is 9.78 Å². The van der Waals surface area contributed by atoms with E-state index in [9.17, 15) is 18.0 Å². The predicted molar refractivity (Wildman–Crippen MR) is 96.9 cm³/mol. The number of nitrogens with zero attached hydrogens (tertiary/aromatic N) is 2. The number of hydrogen-bond donors (Lipinski definition) is 0. The van der Waals surface area contributed by atoms with Gasteiger partial charge in [-0.2, -0.15) is 13.2 Å². The molecule has 0 unspecified atom stereocenters. The molecule has 2 heterocycles. The number of pyridine rings is 1. The monoisotopic (exact) mass is 400 g/mol. The Kier molecular flexibility index (Phi) is 5.27. The minimum absolute atomic E-state index is 0.0557. The van der Waals surface area contributed by atoms with Crippen LogP contribution in [0.5, 0.6) is 5.88 Å². The molecular weight excluding hydrogens is 373 g/mol. The van der Waals surface area contributed by atoms with Crippen LogP contribution in [0.15, 0.2) is 18.3 Å². The van der Waals surface area contributed by atoms with Crippen LogP contribution in [0.3, 0.4) is 0 Å². The molecular formula is C20H27F3N2O3. The van der Waals surface area contributed by atoms with Crippen LogP contribution < -0.4 is 4.74 Å². The molecule has 1 amide bonds. The van der Waals surface area contributed by atoms with Crippen LogP contribution in [0, 0.1) is 10.8 Å². The molecule has 1 aromatic rings. The van der Waals surface area contributed by atoms with Crippen LogP contribution in [0.2, 0.25) is 0 Å². The summed E-state index contributed by atoms with van der Waals surface area (Å²) < 4.78 is 48.6. The van der Waals surface area contributed by atoms with Gasteiger partial charge in [0.15, 0.2) is 6.10 Å². The fraction of sp³-hybridized carbons (Fsp3) is 0.700. The number of amides is 1. The van der Waals surface area contributed by atoms with E-state index < -0.39 is 17.8 Å². The molecule has 1 aromatic heterocycles. The largest absolute Gasteiger partial charge is 0.474 e. The first-order valence-electron chi connectivity index (χ1n) is 9.48. The number of rotatable bonds is 4. The molecule has 0 radical (unpaired) electrons. The summed E-state index contributed by atoms with van der Waals surface area (Å²) in [6.07, 6.45) is -1.59. The standard InChI is InChI=1S/C20H27F3N2O3/c1-18(2)7-14(8-19(3,4)12-18)25-10-15(28-17(25)26)11-27-16-6-5-13(9-24-16)20(21,22)23/h5-6,9,14-15H,7-8,10-12H2,1-4H3/t15-/m1/s1. The summed E-state index contributed by atoms with van der Waals surface area (Å²) in [6, 6.07) is 2.20. The lowest BCUT2D eigenvalue weighted by atomic mass is 9.63. The Morgan fingerprint density at radius 2 is 1.86 bits per heavy atom. The average Bonchev–Trinajstić information content (AvgIpc) is 2.90. The number of aromatic nitrogens is 1. The van der Waals surface area contributed by atoms with Crippen LogP contribution in [-0.2, 0) is 10.9 Å². The van der Waals surface area contributed by atoms with Gasteiger partial charge in [-0.05, 0) is 36.2 Å². The van der Waals surface area contributed by atoms with Crippen LogP contribution in [0.1, 0.15) is 52.5 Å². The second-order valence-electron chi connectivity index (χ2n) is 9.42. The number of ether oxygens (including phenoxy) is 2. The van der Waals surface area contributed by atoms with Gasteiger partial charge in [-0.15, -0.1) is 0 Å². The molecule has 5 nitrogen and oxygen atoms in total. The fourth-order valence-corrected chi connectivity index (χ4v) is 4.75. The maximum atomic E-state index is 12.6. The quantitative estimate of drug-likeness (QED) is 0.721. The van der Waals surface area contributed by atoms with E-state index in [0.29, 0.717) is 6.54 Å². The molecule has 0 spiro atoms. The minimum Gasteiger partial charge on any atom is -0.474 e. The van der Waals surface area contributed by atoms with Crippen molar-refractivity contribution in [2.75, 3.05) is 13.2 Å². The topological polar surface area (TPSA) is 51.7 Å². The van der Waals surface area contributed by atoms with Crippen molar-refractivity contribution in [2.45, 2.75) is 65.3 Å². The van der Waals surface area contributed by atoms with Crippen molar-refractivity contribution in [1.82, 2.24) is 9.88 Å².